The van der Waals surface area contributed by atoms with E-state index in [2.05, 4.69) is 27.4 Å². The number of rotatable bonds is 6. The van der Waals surface area contributed by atoms with Gasteiger partial charge in [-0.2, -0.15) is 0 Å². The Kier molecular flexibility index (Phi) is 5.51. The average Bonchev–Trinajstić information content (AvgIpc) is 3.37. The standard InChI is InChI=1S/C23H29N5O/c1-15-25-21(13-22(26-15)28(2)3)20(27-23(29)16-8-4-5-9-16)12-17-14-24-19-11-7-6-10-18(17)19/h6-7,10-11,13-14,16,20,24H,4-5,8-9,12H2,1-3H3,(H,27,29). The molecule has 1 aromatic carbocycles. The molecular formula is C23H29N5O. The molecule has 1 aliphatic carbocycles. The second-order valence-electron chi connectivity index (χ2n) is 8.20. The first-order valence-electron chi connectivity index (χ1n) is 10.4. The summed E-state index contributed by atoms with van der Waals surface area (Å²) >= 11 is 0. The van der Waals surface area contributed by atoms with Crippen molar-refractivity contribution in [3.8, 4) is 0 Å². The summed E-state index contributed by atoms with van der Waals surface area (Å²) in [7, 11) is 3.94. The van der Waals surface area contributed by atoms with Crippen LogP contribution in [0.3, 0.4) is 0 Å². The van der Waals surface area contributed by atoms with E-state index in [4.69, 9.17) is 4.98 Å². The van der Waals surface area contributed by atoms with E-state index >= 15 is 0 Å². The summed E-state index contributed by atoms with van der Waals surface area (Å²) in [5.74, 6) is 1.84. The largest absolute Gasteiger partial charge is 0.363 e. The van der Waals surface area contributed by atoms with Crippen LogP contribution in [-0.4, -0.2) is 35.0 Å². The number of nitrogens with zero attached hydrogens (tertiary/aromatic N) is 3. The number of H-pyrrole nitrogens is 1. The van der Waals surface area contributed by atoms with E-state index in [0.29, 0.717) is 12.2 Å². The zero-order chi connectivity index (χ0) is 20.4. The summed E-state index contributed by atoms with van der Waals surface area (Å²) in [4.78, 5) is 27.5. The molecule has 152 valence electrons. The van der Waals surface area contributed by atoms with Gasteiger partial charge >= 0.3 is 0 Å². The van der Waals surface area contributed by atoms with E-state index < -0.39 is 0 Å². The Balaban J connectivity index is 1.68. The van der Waals surface area contributed by atoms with Crippen molar-refractivity contribution in [3.63, 3.8) is 0 Å². The van der Waals surface area contributed by atoms with Crippen LogP contribution in [0.25, 0.3) is 10.9 Å². The van der Waals surface area contributed by atoms with Gasteiger partial charge in [-0.15, -0.1) is 0 Å². The third-order valence-corrected chi connectivity index (χ3v) is 5.80. The lowest BCUT2D eigenvalue weighted by molar-refractivity contribution is -0.125. The minimum absolute atomic E-state index is 0.122. The highest BCUT2D eigenvalue weighted by atomic mass is 16.1. The molecule has 2 heterocycles. The summed E-state index contributed by atoms with van der Waals surface area (Å²) in [6.07, 6.45) is 6.98. The smallest absolute Gasteiger partial charge is 0.223 e. The number of carbonyl (C=O) groups excluding carboxylic acids is 1. The van der Waals surface area contributed by atoms with E-state index in [-0.39, 0.29) is 17.9 Å². The topological polar surface area (TPSA) is 73.9 Å². The third kappa shape index (κ3) is 4.26. The number of amides is 1. The fourth-order valence-electron chi connectivity index (χ4n) is 4.21. The maximum Gasteiger partial charge on any atom is 0.223 e. The van der Waals surface area contributed by atoms with Crippen LogP contribution in [0.5, 0.6) is 0 Å². The molecule has 1 unspecified atom stereocenters. The molecule has 6 nitrogen and oxygen atoms in total. The molecule has 2 N–H and O–H groups in total. The predicted molar refractivity (Wildman–Crippen MR) is 116 cm³/mol. The summed E-state index contributed by atoms with van der Waals surface area (Å²) in [5, 5.41) is 4.50. The molecule has 4 rings (SSSR count). The molecule has 2 aromatic heterocycles. The van der Waals surface area contributed by atoms with Gasteiger partial charge in [-0.05, 0) is 31.4 Å². The molecule has 0 bridgehead atoms. The summed E-state index contributed by atoms with van der Waals surface area (Å²) in [5.41, 5.74) is 3.15. The van der Waals surface area contributed by atoms with Crippen molar-refractivity contribution in [2.75, 3.05) is 19.0 Å². The quantitative estimate of drug-likeness (QED) is 0.668. The number of aromatic nitrogens is 3. The van der Waals surface area contributed by atoms with Gasteiger partial charge in [0.2, 0.25) is 5.91 Å². The molecule has 0 spiro atoms. The second kappa shape index (κ2) is 8.23. The maximum absolute atomic E-state index is 13.0. The van der Waals surface area contributed by atoms with E-state index in [1.54, 1.807) is 0 Å². The van der Waals surface area contributed by atoms with Gasteiger partial charge in [0.25, 0.3) is 0 Å². The Morgan fingerprint density at radius 2 is 2.00 bits per heavy atom. The molecule has 6 heteroatoms. The van der Waals surface area contributed by atoms with Crippen LogP contribution in [0.4, 0.5) is 5.82 Å². The van der Waals surface area contributed by atoms with Gasteiger partial charge in [-0.25, -0.2) is 9.97 Å². The number of aromatic amines is 1. The molecular weight excluding hydrogens is 362 g/mol. The van der Waals surface area contributed by atoms with Gasteiger partial charge in [0.05, 0.1) is 11.7 Å². The number of benzene rings is 1. The van der Waals surface area contributed by atoms with Crippen molar-refractivity contribution in [3.05, 3.63) is 53.6 Å². The molecule has 0 radical (unpaired) electrons. The van der Waals surface area contributed by atoms with Gasteiger partial charge in [-0.1, -0.05) is 31.0 Å². The van der Waals surface area contributed by atoms with E-state index in [1.807, 2.05) is 50.3 Å². The fourth-order valence-corrected chi connectivity index (χ4v) is 4.21. The molecule has 1 amide bonds. The zero-order valence-electron chi connectivity index (χ0n) is 17.4. The first-order chi connectivity index (χ1) is 14.0. The molecule has 1 aliphatic rings. The van der Waals surface area contributed by atoms with E-state index in [0.717, 1.165) is 42.7 Å². The maximum atomic E-state index is 13.0. The highest BCUT2D eigenvalue weighted by Gasteiger charge is 2.27. The monoisotopic (exact) mass is 391 g/mol. The minimum Gasteiger partial charge on any atom is -0.363 e. The summed E-state index contributed by atoms with van der Waals surface area (Å²) in [6, 6.07) is 10.1. The first kappa shape index (κ1) is 19.4. The summed E-state index contributed by atoms with van der Waals surface area (Å²) in [6.45, 7) is 1.90. The lowest BCUT2D eigenvalue weighted by atomic mass is 10.00. The first-order valence-corrected chi connectivity index (χ1v) is 10.4. The molecule has 29 heavy (non-hydrogen) atoms. The Bertz CT molecular complexity index is 1000. The molecule has 1 atom stereocenters. The Morgan fingerprint density at radius 1 is 1.24 bits per heavy atom. The Labute approximate surface area is 171 Å². The Morgan fingerprint density at radius 3 is 2.76 bits per heavy atom. The number of carbonyl (C=O) groups is 1. The van der Waals surface area contributed by atoms with Gasteiger partial charge in [-0.3, -0.25) is 4.79 Å². The van der Waals surface area contributed by atoms with Crippen LogP contribution >= 0.6 is 0 Å². The fraction of sp³-hybridized carbons (Fsp3) is 0.435. The van der Waals surface area contributed by atoms with Crippen molar-refractivity contribution < 1.29 is 4.79 Å². The van der Waals surface area contributed by atoms with Crippen molar-refractivity contribution in [2.45, 2.75) is 45.1 Å². The number of hydrogen-bond acceptors (Lipinski definition) is 4. The molecule has 1 saturated carbocycles. The van der Waals surface area contributed by atoms with Crippen LogP contribution in [0.15, 0.2) is 36.5 Å². The van der Waals surface area contributed by atoms with Gasteiger partial charge in [0, 0.05) is 49.6 Å². The van der Waals surface area contributed by atoms with Crippen molar-refractivity contribution in [1.82, 2.24) is 20.3 Å². The van der Waals surface area contributed by atoms with E-state index in [1.165, 1.54) is 10.9 Å². The van der Waals surface area contributed by atoms with Crippen molar-refractivity contribution in [1.29, 1.82) is 0 Å². The SMILES string of the molecule is Cc1nc(C(Cc2c[nH]c3ccccc23)NC(=O)C2CCCC2)cc(N(C)C)n1. The van der Waals surface area contributed by atoms with Gasteiger partial charge < -0.3 is 15.2 Å². The number of para-hydroxylation sites is 1. The van der Waals surface area contributed by atoms with Crippen LogP contribution in [-0.2, 0) is 11.2 Å². The number of anilines is 1. The van der Waals surface area contributed by atoms with Crippen molar-refractivity contribution >= 4 is 22.6 Å². The lowest BCUT2D eigenvalue weighted by Crippen LogP contribution is -2.35. The minimum atomic E-state index is -0.192. The number of fused-ring (bicyclic) bond motifs is 1. The Hall–Kier alpha value is -2.89. The normalized spacial score (nSPS) is 15.6. The lowest BCUT2D eigenvalue weighted by Gasteiger charge is -2.22. The van der Waals surface area contributed by atoms with Crippen LogP contribution < -0.4 is 10.2 Å². The number of hydrogen-bond donors (Lipinski definition) is 2. The zero-order valence-corrected chi connectivity index (χ0v) is 17.4. The molecule has 0 aliphatic heterocycles. The molecule has 0 saturated heterocycles. The highest BCUT2D eigenvalue weighted by molar-refractivity contribution is 5.83. The average molecular weight is 392 g/mol. The summed E-state index contributed by atoms with van der Waals surface area (Å²) < 4.78 is 0. The molecule has 1 fully saturated rings. The number of aryl methyl sites for hydroxylation is 1. The van der Waals surface area contributed by atoms with Crippen LogP contribution in [0.2, 0.25) is 0 Å². The second-order valence-corrected chi connectivity index (χ2v) is 8.20. The predicted octanol–water partition coefficient (Wildman–Crippen LogP) is 3.92. The number of nitrogens with one attached hydrogen (secondary N) is 2. The highest BCUT2D eigenvalue weighted by Crippen LogP contribution is 2.28. The van der Waals surface area contributed by atoms with Gasteiger partial charge in [0.15, 0.2) is 0 Å². The van der Waals surface area contributed by atoms with Gasteiger partial charge in [0.1, 0.15) is 11.6 Å². The van der Waals surface area contributed by atoms with Crippen molar-refractivity contribution in [2.24, 2.45) is 5.92 Å². The van der Waals surface area contributed by atoms with E-state index in [9.17, 15) is 4.79 Å². The van der Waals surface area contributed by atoms with Crippen LogP contribution in [0.1, 0.15) is 48.8 Å². The molecule has 3 aromatic rings. The third-order valence-electron chi connectivity index (χ3n) is 5.80. The van der Waals surface area contributed by atoms with Crippen LogP contribution in [0, 0.1) is 12.8 Å².